The molecule has 1 aliphatic heterocycles. The monoisotopic (exact) mass is 403 g/mol. The lowest BCUT2D eigenvalue weighted by Gasteiger charge is -2.14. The Hall–Kier alpha value is -1.47. The smallest absolute Gasteiger partial charge is 0.271 e. The second-order valence-corrected chi connectivity index (χ2v) is 6.37. The summed E-state index contributed by atoms with van der Waals surface area (Å²) in [5.74, 6) is -0.397. The zero-order chi connectivity index (χ0) is 16.1. The zero-order valence-corrected chi connectivity index (χ0v) is 15.9. The first kappa shape index (κ1) is 21.6. The van der Waals surface area contributed by atoms with E-state index in [0.717, 1.165) is 30.1 Å². The molecule has 0 atom stereocenters. The number of amides is 1. The van der Waals surface area contributed by atoms with E-state index in [1.54, 1.807) is 17.5 Å². The molecule has 0 saturated carbocycles. The van der Waals surface area contributed by atoms with E-state index in [4.69, 9.17) is 0 Å². The first-order valence-corrected chi connectivity index (χ1v) is 8.44. The van der Waals surface area contributed by atoms with Crippen molar-refractivity contribution >= 4 is 42.1 Å². The van der Waals surface area contributed by atoms with E-state index >= 15 is 0 Å². The molecule has 1 aromatic carbocycles. The van der Waals surface area contributed by atoms with Gasteiger partial charge in [0.25, 0.3) is 5.91 Å². The van der Waals surface area contributed by atoms with Crippen LogP contribution >= 0.6 is 36.2 Å². The minimum absolute atomic E-state index is 0. The first-order valence-electron chi connectivity index (χ1n) is 7.56. The summed E-state index contributed by atoms with van der Waals surface area (Å²) in [7, 11) is 0. The molecule has 0 aliphatic carbocycles. The third kappa shape index (κ3) is 6.40. The standard InChI is InChI=1S/C17H18FN3OS.2ClH/c18-14-3-1-12(2-4-14)9-16-21-15(11-23-16)17(22)20-10-13-5-7-19-8-6-13;;/h1-5,11,19H,6-10H2,(H,20,22);2*1H. The van der Waals surface area contributed by atoms with E-state index < -0.39 is 0 Å². The molecular formula is C17H20Cl2FN3OS. The lowest BCUT2D eigenvalue weighted by Crippen LogP contribution is -2.29. The van der Waals surface area contributed by atoms with Gasteiger partial charge in [-0.2, -0.15) is 0 Å². The molecule has 2 N–H and O–H groups in total. The van der Waals surface area contributed by atoms with Crippen LogP contribution in [0.5, 0.6) is 0 Å². The van der Waals surface area contributed by atoms with Crippen molar-refractivity contribution in [3.05, 3.63) is 63.4 Å². The molecule has 0 unspecified atom stereocenters. The highest BCUT2D eigenvalue weighted by atomic mass is 35.5. The number of carbonyl (C=O) groups is 1. The number of rotatable bonds is 5. The Morgan fingerprint density at radius 1 is 1.28 bits per heavy atom. The van der Waals surface area contributed by atoms with Crippen LogP contribution in [0.15, 0.2) is 41.3 Å². The third-order valence-corrected chi connectivity index (χ3v) is 4.54. The fourth-order valence-corrected chi connectivity index (χ4v) is 3.20. The minimum Gasteiger partial charge on any atom is -0.347 e. The summed E-state index contributed by atoms with van der Waals surface area (Å²) >= 11 is 1.45. The van der Waals surface area contributed by atoms with Gasteiger partial charge in [-0.3, -0.25) is 4.79 Å². The highest BCUT2D eigenvalue weighted by Gasteiger charge is 2.12. The van der Waals surface area contributed by atoms with Crippen LogP contribution in [0.4, 0.5) is 4.39 Å². The van der Waals surface area contributed by atoms with Crippen molar-refractivity contribution in [2.45, 2.75) is 12.8 Å². The molecular weight excluding hydrogens is 384 g/mol. The van der Waals surface area contributed by atoms with E-state index in [-0.39, 0.29) is 36.5 Å². The van der Waals surface area contributed by atoms with Gasteiger partial charge in [-0.15, -0.1) is 36.2 Å². The molecule has 1 aliphatic rings. The number of benzene rings is 1. The Bertz CT molecular complexity index is 719. The SMILES string of the molecule is Cl.Cl.O=C(NCC1=CCNCC1)c1csc(Cc2ccc(F)cc2)n1. The number of carbonyl (C=O) groups excluding carboxylic acids is 1. The van der Waals surface area contributed by atoms with Crippen LogP contribution in [0, 0.1) is 5.82 Å². The fourth-order valence-electron chi connectivity index (χ4n) is 2.39. The summed E-state index contributed by atoms with van der Waals surface area (Å²) in [6.45, 7) is 2.40. The van der Waals surface area contributed by atoms with Crippen LogP contribution in [-0.2, 0) is 6.42 Å². The van der Waals surface area contributed by atoms with Gasteiger partial charge in [-0.1, -0.05) is 23.8 Å². The van der Waals surface area contributed by atoms with E-state index in [0.29, 0.717) is 18.7 Å². The zero-order valence-electron chi connectivity index (χ0n) is 13.5. The van der Waals surface area contributed by atoms with Gasteiger partial charge in [0.1, 0.15) is 11.5 Å². The molecule has 2 heterocycles. The Kier molecular flexibility index (Phi) is 9.06. The number of hydrogen-bond acceptors (Lipinski definition) is 4. The predicted octanol–water partition coefficient (Wildman–Crippen LogP) is 3.37. The minimum atomic E-state index is -0.250. The van der Waals surface area contributed by atoms with Crippen molar-refractivity contribution in [3.63, 3.8) is 0 Å². The van der Waals surface area contributed by atoms with Gasteiger partial charge < -0.3 is 10.6 Å². The second-order valence-electron chi connectivity index (χ2n) is 5.43. The summed E-state index contributed by atoms with van der Waals surface area (Å²) in [5, 5.41) is 8.77. The van der Waals surface area contributed by atoms with Gasteiger partial charge in [0.15, 0.2) is 0 Å². The van der Waals surface area contributed by atoms with Gasteiger partial charge in [0, 0.05) is 24.9 Å². The molecule has 0 bridgehead atoms. The summed E-state index contributed by atoms with van der Waals surface area (Å²) in [5.41, 5.74) is 2.67. The highest BCUT2D eigenvalue weighted by molar-refractivity contribution is 7.09. The second kappa shape index (κ2) is 10.5. The van der Waals surface area contributed by atoms with E-state index in [9.17, 15) is 9.18 Å². The first-order chi connectivity index (χ1) is 11.2. The number of halogens is 3. The average Bonchev–Trinajstić information content (AvgIpc) is 3.04. The summed E-state index contributed by atoms with van der Waals surface area (Å²) < 4.78 is 12.9. The molecule has 136 valence electrons. The molecule has 0 fully saturated rings. The summed E-state index contributed by atoms with van der Waals surface area (Å²) in [6.07, 6.45) is 3.69. The van der Waals surface area contributed by atoms with Crippen LogP contribution in [0.2, 0.25) is 0 Å². The van der Waals surface area contributed by atoms with Crippen molar-refractivity contribution in [2.75, 3.05) is 19.6 Å². The number of thiazole rings is 1. The van der Waals surface area contributed by atoms with Crippen LogP contribution in [0.3, 0.4) is 0 Å². The summed E-state index contributed by atoms with van der Waals surface area (Å²) in [4.78, 5) is 16.5. The molecule has 2 aromatic rings. The lowest BCUT2D eigenvalue weighted by molar-refractivity contribution is 0.0952. The molecule has 0 saturated heterocycles. The number of nitrogens with one attached hydrogen (secondary N) is 2. The van der Waals surface area contributed by atoms with E-state index in [2.05, 4.69) is 21.7 Å². The quantitative estimate of drug-likeness (QED) is 0.752. The Morgan fingerprint density at radius 2 is 2.04 bits per heavy atom. The van der Waals surface area contributed by atoms with Gasteiger partial charge in [0.05, 0.1) is 5.01 Å². The van der Waals surface area contributed by atoms with Crippen LogP contribution in [-0.4, -0.2) is 30.5 Å². The number of aromatic nitrogens is 1. The largest absolute Gasteiger partial charge is 0.347 e. The average molecular weight is 404 g/mol. The Labute approximate surface area is 162 Å². The normalized spacial score (nSPS) is 13.2. The maximum absolute atomic E-state index is 12.9. The number of nitrogens with zero attached hydrogens (tertiary/aromatic N) is 1. The topological polar surface area (TPSA) is 54.0 Å². The van der Waals surface area contributed by atoms with Gasteiger partial charge >= 0.3 is 0 Å². The summed E-state index contributed by atoms with van der Waals surface area (Å²) in [6, 6.07) is 6.34. The van der Waals surface area contributed by atoms with Crippen molar-refractivity contribution in [1.29, 1.82) is 0 Å². The van der Waals surface area contributed by atoms with Gasteiger partial charge in [-0.05, 0) is 30.7 Å². The molecule has 8 heteroatoms. The molecule has 1 amide bonds. The maximum atomic E-state index is 12.9. The third-order valence-electron chi connectivity index (χ3n) is 3.69. The van der Waals surface area contributed by atoms with Crippen molar-refractivity contribution < 1.29 is 9.18 Å². The van der Waals surface area contributed by atoms with E-state index in [1.807, 2.05) is 0 Å². The van der Waals surface area contributed by atoms with Crippen molar-refractivity contribution in [1.82, 2.24) is 15.6 Å². The molecule has 0 spiro atoms. The Balaban J connectivity index is 0.00000156. The fraction of sp³-hybridized carbons (Fsp3) is 0.294. The predicted molar refractivity (Wildman–Crippen MR) is 104 cm³/mol. The molecule has 0 radical (unpaired) electrons. The molecule has 1 aromatic heterocycles. The van der Waals surface area contributed by atoms with Crippen molar-refractivity contribution in [2.24, 2.45) is 0 Å². The molecule has 3 rings (SSSR count). The van der Waals surface area contributed by atoms with Crippen LogP contribution < -0.4 is 10.6 Å². The molecule has 25 heavy (non-hydrogen) atoms. The number of hydrogen-bond donors (Lipinski definition) is 2. The van der Waals surface area contributed by atoms with Crippen LogP contribution in [0.25, 0.3) is 0 Å². The molecule has 4 nitrogen and oxygen atoms in total. The highest BCUT2D eigenvalue weighted by Crippen LogP contribution is 2.15. The van der Waals surface area contributed by atoms with Crippen LogP contribution in [0.1, 0.15) is 27.5 Å². The van der Waals surface area contributed by atoms with Gasteiger partial charge in [0.2, 0.25) is 0 Å². The maximum Gasteiger partial charge on any atom is 0.271 e. The van der Waals surface area contributed by atoms with E-state index in [1.165, 1.54) is 29.0 Å². The lowest BCUT2D eigenvalue weighted by atomic mass is 10.1. The van der Waals surface area contributed by atoms with Gasteiger partial charge in [-0.25, -0.2) is 9.37 Å². The van der Waals surface area contributed by atoms with Crippen molar-refractivity contribution in [3.8, 4) is 0 Å². The Morgan fingerprint density at radius 3 is 2.72 bits per heavy atom.